The Morgan fingerprint density at radius 1 is 1.23 bits per heavy atom. The Morgan fingerprint density at radius 3 is 2.50 bits per heavy atom. The van der Waals surface area contributed by atoms with Crippen LogP contribution < -0.4 is 5.32 Å². The minimum absolute atomic E-state index is 0.0479. The molecule has 0 fully saturated rings. The van der Waals surface area contributed by atoms with Gasteiger partial charge in [0, 0.05) is 19.4 Å². The average Bonchev–Trinajstić information content (AvgIpc) is 2.86. The zero-order valence-electron chi connectivity index (χ0n) is 12.6. The molecule has 0 saturated carbocycles. The molecule has 0 radical (unpaired) electrons. The number of nitrogens with one attached hydrogen (secondary N) is 1. The van der Waals surface area contributed by atoms with E-state index in [-0.39, 0.29) is 23.9 Å². The molecule has 1 N–H and O–H groups in total. The largest absolute Gasteiger partial charge is 0.466 e. The predicted molar refractivity (Wildman–Crippen MR) is 80.0 cm³/mol. The first-order valence-electron chi connectivity index (χ1n) is 7.07. The summed E-state index contributed by atoms with van der Waals surface area (Å²) in [6.45, 7) is 3.57. The smallest absolute Gasteiger partial charge is 0.220 e. The van der Waals surface area contributed by atoms with Crippen molar-refractivity contribution >= 4 is 11.7 Å². The van der Waals surface area contributed by atoms with Crippen molar-refractivity contribution in [2.45, 2.75) is 33.2 Å². The van der Waals surface area contributed by atoms with Gasteiger partial charge in [-0.1, -0.05) is 12.1 Å². The summed E-state index contributed by atoms with van der Waals surface area (Å²) in [4.78, 5) is 23.1. The lowest BCUT2D eigenvalue weighted by Gasteiger charge is -2.04. The van der Waals surface area contributed by atoms with Crippen LogP contribution in [-0.4, -0.2) is 11.7 Å². The molecule has 0 spiro atoms. The first kappa shape index (κ1) is 15.9. The number of amides is 1. The van der Waals surface area contributed by atoms with Gasteiger partial charge in [-0.2, -0.15) is 0 Å². The third-order valence-electron chi connectivity index (χ3n) is 3.35. The molecular weight excluding hydrogens is 285 g/mol. The van der Waals surface area contributed by atoms with Crippen molar-refractivity contribution in [3.05, 3.63) is 58.8 Å². The maximum atomic E-state index is 12.8. The number of Topliss-reactive ketones (excluding diaryl/α,β-unsaturated/α-hetero) is 1. The van der Waals surface area contributed by atoms with Crippen LogP contribution in [0.2, 0.25) is 0 Å². The van der Waals surface area contributed by atoms with Crippen molar-refractivity contribution in [1.82, 2.24) is 5.32 Å². The lowest BCUT2D eigenvalue weighted by atomic mass is 10.1. The van der Waals surface area contributed by atoms with Crippen LogP contribution in [0.5, 0.6) is 0 Å². The highest BCUT2D eigenvalue weighted by atomic mass is 19.1. The lowest BCUT2D eigenvalue weighted by molar-refractivity contribution is -0.121. The molecule has 2 rings (SSSR count). The minimum Gasteiger partial charge on any atom is -0.466 e. The van der Waals surface area contributed by atoms with Gasteiger partial charge in [0.25, 0.3) is 0 Å². The number of halogens is 1. The lowest BCUT2D eigenvalue weighted by Crippen LogP contribution is -2.22. The number of hydrogen-bond donors (Lipinski definition) is 1. The third-order valence-corrected chi connectivity index (χ3v) is 3.35. The van der Waals surface area contributed by atoms with Crippen LogP contribution in [0.4, 0.5) is 4.39 Å². The van der Waals surface area contributed by atoms with Gasteiger partial charge >= 0.3 is 0 Å². The van der Waals surface area contributed by atoms with Crippen molar-refractivity contribution in [1.29, 1.82) is 0 Å². The Balaban J connectivity index is 1.81. The highest BCUT2D eigenvalue weighted by molar-refractivity contribution is 5.95. The molecule has 0 bridgehead atoms. The third kappa shape index (κ3) is 4.28. The molecule has 0 aliphatic rings. The molecule has 0 atom stereocenters. The monoisotopic (exact) mass is 303 g/mol. The van der Waals surface area contributed by atoms with Crippen LogP contribution in [0.1, 0.15) is 40.8 Å². The second-order valence-electron chi connectivity index (χ2n) is 5.14. The van der Waals surface area contributed by atoms with Gasteiger partial charge in [0.05, 0.1) is 5.56 Å². The molecule has 1 aromatic heterocycles. The van der Waals surface area contributed by atoms with Crippen LogP contribution in [-0.2, 0) is 17.8 Å². The summed E-state index contributed by atoms with van der Waals surface area (Å²) in [5, 5.41) is 2.76. The molecule has 1 aromatic carbocycles. The van der Waals surface area contributed by atoms with Gasteiger partial charge in [-0.3, -0.25) is 9.59 Å². The summed E-state index contributed by atoms with van der Waals surface area (Å²) in [5.41, 5.74) is 1.39. The quantitative estimate of drug-likeness (QED) is 0.834. The van der Waals surface area contributed by atoms with E-state index in [0.29, 0.717) is 30.0 Å². The SMILES string of the molecule is CC(=O)c1cc(CCC(=O)NCc2ccc(F)cc2)oc1C. The molecular formula is C17H18FNO3. The second kappa shape index (κ2) is 7.02. The van der Waals surface area contributed by atoms with Gasteiger partial charge in [0.15, 0.2) is 5.78 Å². The van der Waals surface area contributed by atoms with E-state index >= 15 is 0 Å². The molecule has 1 heterocycles. The number of furan rings is 1. The summed E-state index contributed by atoms with van der Waals surface area (Å²) >= 11 is 0. The predicted octanol–water partition coefficient (Wildman–Crippen LogP) is 3.18. The van der Waals surface area contributed by atoms with E-state index in [0.717, 1.165) is 5.56 Å². The molecule has 116 valence electrons. The van der Waals surface area contributed by atoms with Crippen LogP contribution in [0.15, 0.2) is 34.7 Å². The molecule has 0 unspecified atom stereocenters. The van der Waals surface area contributed by atoms with Gasteiger partial charge in [-0.25, -0.2) is 4.39 Å². The van der Waals surface area contributed by atoms with Crippen LogP contribution in [0.3, 0.4) is 0 Å². The molecule has 0 aliphatic carbocycles. The van der Waals surface area contributed by atoms with Crippen molar-refractivity contribution in [2.75, 3.05) is 0 Å². The Hall–Kier alpha value is -2.43. The van der Waals surface area contributed by atoms with Gasteiger partial charge in [-0.15, -0.1) is 0 Å². The zero-order chi connectivity index (χ0) is 16.1. The fraction of sp³-hybridized carbons (Fsp3) is 0.294. The van der Waals surface area contributed by atoms with E-state index in [4.69, 9.17) is 4.42 Å². The Bertz CT molecular complexity index is 674. The minimum atomic E-state index is -0.301. The van der Waals surface area contributed by atoms with E-state index in [9.17, 15) is 14.0 Å². The van der Waals surface area contributed by atoms with Gasteiger partial charge < -0.3 is 9.73 Å². The topological polar surface area (TPSA) is 59.3 Å². The van der Waals surface area contributed by atoms with Crippen molar-refractivity contribution < 1.29 is 18.4 Å². The molecule has 4 nitrogen and oxygen atoms in total. The summed E-state index contributed by atoms with van der Waals surface area (Å²) in [7, 11) is 0. The number of carbonyl (C=O) groups excluding carboxylic acids is 2. The Labute approximate surface area is 128 Å². The van der Waals surface area contributed by atoms with E-state index in [2.05, 4.69) is 5.32 Å². The van der Waals surface area contributed by atoms with Crippen LogP contribution >= 0.6 is 0 Å². The van der Waals surface area contributed by atoms with Crippen LogP contribution in [0.25, 0.3) is 0 Å². The number of rotatable bonds is 6. The van der Waals surface area contributed by atoms with Gasteiger partial charge in [0.2, 0.25) is 5.91 Å². The van der Waals surface area contributed by atoms with Gasteiger partial charge in [0.1, 0.15) is 17.3 Å². The molecule has 5 heteroatoms. The number of benzene rings is 1. The second-order valence-corrected chi connectivity index (χ2v) is 5.14. The van der Waals surface area contributed by atoms with Crippen molar-refractivity contribution in [3.63, 3.8) is 0 Å². The number of aryl methyl sites for hydroxylation is 2. The van der Waals surface area contributed by atoms with E-state index in [1.54, 1.807) is 25.1 Å². The van der Waals surface area contributed by atoms with E-state index in [1.807, 2.05) is 0 Å². The Kier molecular flexibility index (Phi) is 5.09. The summed E-state index contributed by atoms with van der Waals surface area (Å²) in [5.74, 6) is 0.731. The Morgan fingerprint density at radius 2 is 1.91 bits per heavy atom. The first-order valence-corrected chi connectivity index (χ1v) is 7.07. The standard InChI is InChI=1S/C17H18FNO3/c1-11(20)16-9-15(22-12(16)2)7-8-17(21)19-10-13-3-5-14(18)6-4-13/h3-6,9H,7-8,10H2,1-2H3,(H,19,21). The van der Waals surface area contributed by atoms with E-state index < -0.39 is 0 Å². The van der Waals surface area contributed by atoms with E-state index in [1.165, 1.54) is 19.1 Å². The first-order chi connectivity index (χ1) is 10.5. The molecule has 1 amide bonds. The maximum absolute atomic E-state index is 12.8. The van der Waals surface area contributed by atoms with Crippen LogP contribution in [0, 0.1) is 12.7 Å². The molecule has 0 saturated heterocycles. The van der Waals surface area contributed by atoms with Crippen molar-refractivity contribution in [3.8, 4) is 0 Å². The number of hydrogen-bond acceptors (Lipinski definition) is 3. The molecule has 22 heavy (non-hydrogen) atoms. The number of ketones is 1. The normalized spacial score (nSPS) is 10.5. The zero-order valence-corrected chi connectivity index (χ0v) is 12.6. The van der Waals surface area contributed by atoms with Crippen molar-refractivity contribution in [2.24, 2.45) is 0 Å². The molecule has 0 aliphatic heterocycles. The van der Waals surface area contributed by atoms with Gasteiger partial charge in [-0.05, 0) is 37.6 Å². The highest BCUT2D eigenvalue weighted by Crippen LogP contribution is 2.16. The number of carbonyl (C=O) groups is 2. The fourth-order valence-corrected chi connectivity index (χ4v) is 2.14. The maximum Gasteiger partial charge on any atom is 0.220 e. The highest BCUT2D eigenvalue weighted by Gasteiger charge is 2.12. The average molecular weight is 303 g/mol. The summed E-state index contributed by atoms with van der Waals surface area (Å²) in [6.07, 6.45) is 0.703. The summed E-state index contributed by atoms with van der Waals surface area (Å²) < 4.78 is 18.2. The molecule has 2 aromatic rings. The fourth-order valence-electron chi connectivity index (χ4n) is 2.14. The summed E-state index contributed by atoms with van der Waals surface area (Å²) in [6, 6.07) is 7.66.